The van der Waals surface area contributed by atoms with Crippen molar-refractivity contribution < 1.29 is 4.79 Å². The van der Waals surface area contributed by atoms with Crippen LogP contribution in [-0.4, -0.2) is 18.5 Å². The Morgan fingerprint density at radius 1 is 1.67 bits per heavy atom. The molecule has 3 nitrogen and oxygen atoms in total. The zero-order chi connectivity index (χ0) is 11.1. The summed E-state index contributed by atoms with van der Waals surface area (Å²) in [6.45, 7) is 6.34. The second kappa shape index (κ2) is 6.06. The highest BCUT2D eigenvalue weighted by Crippen LogP contribution is 2.06. The van der Waals surface area contributed by atoms with E-state index in [0.717, 1.165) is 25.1 Å². The fourth-order valence-electron chi connectivity index (χ4n) is 1.51. The van der Waals surface area contributed by atoms with Gasteiger partial charge in [0.05, 0.1) is 0 Å². The molecule has 1 aliphatic heterocycles. The van der Waals surface area contributed by atoms with Gasteiger partial charge in [0.1, 0.15) is 6.04 Å². The van der Waals surface area contributed by atoms with E-state index >= 15 is 0 Å². The van der Waals surface area contributed by atoms with Gasteiger partial charge in [-0.2, -0.15) is 0 Å². The molecule has 0 aromatic rings. The Morgan fingerprint density at radius 2 is 2.47 bits per heavy atom. The highest BCUT2D eigenvalue weighted by Gasteiger charge is 2.21. The molecular weight excluding hydrogens is 188 g/mol. The average molecular weight is 206 g/mol. The zero-order valence-electron chi connectivity index (χ0n) is 9.12. The standard InChI is InChI=1S/C12H18N2O/c1-3-5-7-10(4-2)14-11-8-6-9-13-12(11)15/h3-5,7,11,14H,1,6,8-9H2,2H3,(H,13,15)/b7-5-,10-4+. The van der Waals surface area contributed by atoms with E-state index in [1.54, 1.807) is 6.08 Å². The van der Waals surface area contributed by atoms with E-state index in [1.165, 1.54) is 0 Å². The van der Waals surface area contributed by atoms with Crippen molar-refractivity contribution in [2.24, 2.45) is 0 Å². The van der Waals surface area contributed by atoms with Gasteiger partial charge in [-0.1, -0.05) is 24.8 Å². The minimum atomic E-state index is -0.0978. The first-order valence-corrected chi connectivity index (χ1v) is 5.27. The fraction of sp³-hybridized carbons (Fsp3) is 0.417. The Morgan fingerprint density at radius 3 is 3.07 bits per heavy atom. The fourth-order valence-corrected chi connectivity index (χ4v) is 1.51. The van der Waals surface area contributed by atoms with Crippen molar-refractivity contribution in [2.75, 3.05) is 6.54 Å². The molecule has 1 aliphatic rings. The summed E-state index contributed by atoms with van der Waals surface area (Å²) in [6, 6.07) is -0.0978. The number of nitrogens with one attached hydrogen (secondary N) is 2. The molecule has 1 amide bonds. The lowest BCUT2D eigenvalue weighted by molar-refractivity contribution is -0.124. The number of rotatable bonds is 4. The normalized spacial score (nSPS) is 22.6. The second-order valence-corrected chi connectivity index (χ2v) is 3.47. The van der Waals surface area contributed by atoms with Gasteiger partial charge >= 0.3 is 0 Å². The molecule has 1 fully saturated rings. The van der Waals surface area contributed by atoms with Crippen molar-refractivity contribution in [3.05, 3.63) is 36.6 Å². The third kappa shape index (κ3) is 3.62. The van der Waals surface area contributed by atoms with E-state index in [4.69, 9.17) is 0 Å². The largest absolute Gasteiger partial charge is 0.374 e. The molecule has 82 valence electrons. The number of carbonyl (C=O) groups excluding carboxylic acids is 1. The number of piperidine rings is 1. The minimum absolute atomic E-state index is 0.0904. The molecule has 1 saturated heterocycles. The molecule has 0 aromatic heterocycles. The first kappa shape index (κ1) is 11.6. The topological polar surface area (TPSA) is 41.1 Å². The van der Waals surface area contributed by atoms with Crippen molar-refractivity contribution in [3.8, 4) is 0 Å². The number of amides is 1. The molecule has 15 heavy (non-hydrogen) atoms. The third-order valence-corrected chi connectivity index (χ3v) is 2.35. The second-order valence-electron chi connectivity index (χ2n) is 3.47. The van der Waals surface area contributed by atoms with Crippen LogP contribution in [0.1, 0.15) is 19.8 Å². The predicted octanol–water partition coefficient (Wildman–Crippen LogP) is 1.50. The van der Waals surface area contributed by atoms with Crippen LogP contribution in [0, 0.1) is 0 Å². The van der Waals surface area contributed by atoms with Gasteiger partial charge in [-0.25, -0.2) is 0 Å². The van der Waals surface area contributed by atoms with Gasteiger partial charge in [0.15, 0.2) is 0 Å². The van der Waals surface area contributed by atoms with Crippen LogP contribution in [0.3, 0.4) is 0 Å². The van der Waals surface area contributed by atoms with Crippen LogP contribution in [0.25, 0.3) is 0 Å². The smallest absolute Gasteiger partial charge is 0.242 e. The summed E-state index contributed by atoms with van der Waals surface area (Å²) in [7, 11) is 0. The molecular formula is C12H18N2O. The number of carbonyl (C=O) groups is 1. The lowest BCUT2D eigenvalue weighted by atomic mass is 10.1. The molecule has 0 aromatic carbocycles. The van der Waals surface area contributed by atoms with Crippen LogP contribution in [0.2, 0.25) is 0 Å². The average Bonchev–Trinajstić information content (AvgIpc) is 2.26. The molecule has 0 saturated carbocycles. The molecule has 1 heterocycles. The minimum Gasteiger partial charge on any atom is -0.374 e. The molecule has 0 aliphatic carbocycles. The van der Waals surface area contributed by atoms with Crippen LogP contribution in [0.5, 0.6) is 0 Å². The van der Waals surface area contributed by atoms with Gasteiger partial charge in [-0.3, -0.25) is 4.79 Å². The number of hydrogen-bond donors (Lipinski definition) is 2. The van der Waals surface area contributed by atoms with Crippen LogP contribution >= 0.6 is 0 Å². The number of hydrogen-bond acceptors (Lipinski definition) is 2. The summed E-state index contributed by atoms with van der Waals surface area (Å²) < 4.78 is 0. The molecule has 1 atom stereocenters. The zero-order valence-corrected chi connectivity index (χ0v) is 9.12. The van der Waals surface area contributed by atoms with Crippen molar-refractivity contribution in [2.45, 2.75) is 25.8 Å². The van der Waals surface area contributed by atoms with Crippen molar-refractivity contribution in [1.82, 2.24) is 10.6 Å². The van der Waals surface area contributed by atoms with E-state index in [2.05, 4.69) is 17.2 Å². The first-order chi connectivity index (χ1) is 7.27. The highest BCUT2D eigenvalue weighted by atomic mass is 16.2. The van der Waals surface area contributed by atoms with E-state index < -0.39 is 0 Å². The monoisotopic (exact) mass is 206 g/mol. The molecule has 0 spiro atoms. The van der Waals surface area contributed by atoms with E-state index in [9.17, 15) is 4.79 Å². The maximum atomic E-state index is 11.5. The van der Waals surface area contributed by atoms with Gasteiger partial charge in [0.25, 0.3) is 0 Å². The first-order valence-electron chi connectivity index (χ1n) is 5.27. The quantitative estimate of drug-likeness (QED) is 0.684. The lowest BCUT2D eigenvalue weighted by Crippen LogP contribution is -2.47. The molecule has 1 rings (SSSR count). The number of allylic oxidation sites excluding steroid dienone is 4. The van der Waals surface area contributed by atoms with Gasteiger partial charge in [0.2, 0.25) is 5.91 Å². The van der Waals surface area contributed by atoms with Gasteiger partial charge in [-0.15, -0.1) is 0 Å². The Labute approximate surface area is 90.9 Å². The van der Waals surface area contributed by atoms with Crippen LogP contribution < -0.4 is 10.6 Å². The van der Waals surface area contributed by atoms with E-state index in [0.29, 0.717) is 0 Å². The third-order valence-electron chi connectivity index (χ3n) is 2.35. The molecule has 3 heteroatoms. The van der Waals surface area contributed by atoms with Crippen LogP contribution in [-0.2, 0) is 4.79 Å². The van der Waals surface area contributed by atoms with E-state index in [-0.39, 0.29) is 11.9 Å². The molecule has 0 radical (unpaired) electrons. The summed E-state index contributed by atoms with van der Waals surface area (Å²) in [5.74, 6) is 0.0904. The molecule has 0 bridgehead atoms. The predicted molar refractivity (Wildman–Crippen MR) is 62.3 cm³/mol. The van der Waals surface area contributed by atoms with Crippen molar-refractivity contribution in [3.63, 3.8) is 0 Å². The highest BCUT2D eigenvalue weighted by molar-refractivity contribution is 5.82. The molecule has 1 unspecified atom stereocenters. The summed E-state index contributed by atoms with van der Waals surface area (Å²) in [6.07, 6.45) is 9.35. The summed E-state index contributed by atoms with van der Waals surface area (Å²) in [5, 5.41) is 6.05. The van der Waals surface area contributed by atoms with Gasteiger partial charge < -0.3 is 10.6 Å². The van der Waals surface area contributed by atoms with Crippen LogP contribution in [0.15, 0.2) is 36.6 Å². The summed E-state index contributed by atoms with van der Waals surface area (Å²) in [4.78, 5) is 11.5. The SMILES string of the molecule is C=C/C=C\C(=C/C)NC1CCCNC1=O. The summed E-state index contributed by atoms with van der Waals surface area (Å²) >= 11 is 0. The Bertz CT molecular complexity index is 292. The Hall–Kier alpha value is -1.51. The van der Waals surface area contributed by atoms with Crippen molar-refractivity contribution >= 4 is 5.91 Å². The van der Waals surface area contributed by atoms with Gasteiger partial charge in [0, 0.05) is 12.2 Å². The Kier molecular flexibility index (Phi) is 4.68. The Balaban J connectivity index is 2.54. The van der Waals surface area contributed by atoms with Crippen molar-refractivity contribution in [1.29, 1.82) is 0 Å². The van der Waals surface area contributed by atoms with Gasteiger partial charge in [-0.05, 0) is 25.8 Å². The maximum Gasteiger partial charge on any atom is 0.242 e. The summed E-state index contributed by atoms with van der Waals surface area (Å²) in [5.41, 5.74) is 0.956. The maximum absolute atomic E-state index is 11.5. The molecule has 2 N–H and O–H groups in total. The van der Waals surface area contributed by atoms with E-state index in [1.807, 2.05) is 25.2 Å². The lowest BCUT2D eigenvalue weighted by Gasteiger charge is -2.24. The van der Waals surface area contributed by atoms with Crippen LogP contribution in [0.4, 0.5) is 0 Å².